The van der Waals surface area contributed by atoms with Crippen LogP contribution in [0, 0.1) is 11.8 Å². The van der Waals surface area contributed by atoms with Crippen LogP contribution in [0.2, 0.25) is 6.32 Å². The Morgan fingerprint density at radius 1 is 1.24 bits per heavy atom. The normalized spacial score (nSPS) is 26.4. The Morgan fingerprint density at radius 2 is 2.00 bits per heavy atom. The van der Waals surface area contributed by atoms with E-state index in [2.05, 4.69) is 34.5 Å². The lowest BCUT2D eigenvalue weighted by Crippen LogP contribution is -2.44. The first-order chi connectivity index (χ1) is 12.0. The summed E-state index contributed by atoms with van der Waals surface area (Å²) >= 11 is 0. The van der Waals surface area contributed by atoms with Crippen molar-refractivity contribution in [3.05, 3.63) is 35.4 Å². The largest absolute Gasteiger partial charge is 0.481 e. The van der Waals surface area contributed by atoms with Crippen LogP contribution in [-0.2, 0) is 17.8 Å². The van der Waals surface area contributed by atoms with Gasteiger partial charge in [0.05, 0.1) is 5.92 Å². The van der Waals surface area contributed by atoms with E-state index in [-0.39, 0.29) is 11.8 Å². The fourth-order valence-electron chi connectivity index (χ4n) is 4.21. The van der Waals surface area contributed by atoms with Gasteiger partial charge in [-0.25, -0.2) is 0 Å². The van der Waals surface area contributed by atoms with E-state index in [1.165, 1.54) is 11.1 Å². The van der Waals surface area contributed by atoms with Crippen molar-refractivity contribution in [2.75, 3.05) is 19.6 Å². The van der Waals surface area contributed by atoms with E-state index < -0.39 is 13.1 Å². The minimum absolute atomic E-state index is 0.0899. The highest BCUT2D eigenvalue weighted by molar-refractivity contribution is 6.40. The van der Waals surface area contributed by atoms with Crippen LogP contribution in [-0.4, -0.2) is 58.8 Å². The van der Waals surface area contributed by atoms with Crippen LogP contribution < -0.4 is 5.32 Å². The van der Waals surface area contributed by atoms with Crippen LogP contribution in [0.15, 0.2) is 24.3 Å². The molecule has 1 fully saturated rings. The Kier molecular flexibility index (Phi) is 6.12. The van der Waals surface area contributed by atoms with Crippen molar-refractivity contribution in [1.82, 2.24) is 10.2 Å². The summed E-state index contributed by atoms with van der Waals surface area (Å²) in [6.45, 7) is 3.09. The van der Waals surface area contributed by atoms with Gasteiger partial charge in [0.1, 0.15) is 0 Å². The first-order valence-electron chi connectivity index (χ1n) is 9.14. The number of carbonyl (C=O) groups is 1. The number of likely N-dealkylation sites (tertiary alicyclic amines) is 1. The molecule has 0 aromatic heterocycles. The zero-order valence-electron chi connectivity index (χ0n) is 14.5. The maximum atomic E-state index is 11.6. The highest BCUT2D eigenvalue weighted by atomic mass is 16.4. The molecule has 3 atom stereocenters. The number of aliphatic carboxylic acids is 1. The van der Waals surface area contributed by atoms with E-state index in [4.69, 9.17) is 10.0 Å². The summed E-state index contributed by atoms with van der Waals surface area (Å²) in [5.74, 6) is -1.00. The molecule has 0 aliphatic carbocycles. The zero-order chi connectivity index (χ0) is 17.8. The van der Waals surface area contributed by atoms with Gasteiger partial charge in [-0.2, -0.15) is 0 Å². The number of hydrogen-bond acceptors (Lipinski definition) is 5. The van der Waals surface area contributed by atoms with Crippen molar-refractivity contribution in [1.29, 1.82) is 0 Å². The van der Waals surface area contributed by atoms with E-state index >= 15 is 0 Å². The Labute approximate surface area is 149 Å². The second kappa shape index (κ2) is 8.32. The molecule has 136 valence electrons. The molecule has 6 nitrogen and oxygen atoms in total. The lowest BCUT2D eigenvalue weighted by Gasteiger charge is -2.29. The van der Waals surface area contributed by atoms with E-state index in [0.717, 1.165) is 32.5 Å². The zero-order valence-corrected chi connectivity index (χ0v) is 14.5. The molecule has 0 amide bonds. The number of carboxylic acids is 1. The molecule has 0 radical (unpaired) electrons. The van der Waals surface area contributed by atoms with Crippen molar-refractivity contribution in [2.24, 2.45) is 11.8 Å². The molecule has 2 aliphatic heterocycles. The lowest BCUT2D eigenvalue weighted by molar-refractivity contribution is -0.142. The summed E-state index contributed by atoms with van der Waals surface area (Å²) in [6, 6.07) is 8.81. The molecule has 0 saturated carbocycles. The molecule has 0 bridgehead atoms. The van der Waals surface area contributed by atoms with Crippen LogP contribution in [0.25, 0.3) is 0 Å². The maximum Gasteiger partial charge on any atom is 0.451 e. The summed E-state index contributed by atoms with van der Waals surface area (Å²) < 4.78 is 0. The van der Waals surface area contributed by atoms with Crippen molar-refractivity contribution in [3.63, 3.8) is 0 Å². The molecule has 0 spiro atoms. The van der Waals surface area contributed by atoms with Gasteiger partial charge in [0.25, 0.3) is 0 Å². The highest BCUT2D eigenvalue weighted by Gasteiger charge is 2.38. The van der Waals surface area contributed by atoms with Crippen molar-refractivity contribution in [3.8, 4) is 0 Å². The van der Waals surface area contributed by atoms with Gasteiger partial charge in [0, 0.05) is 32.2 Å². The fraction of sp³-hybridized carbons (Fsp3) is 0.611. The lowest BCUT2D eigenvalue weighted by atomic mass is 9.80. The molecule has 3 rings (SSSR count). The third-order valence-electron chi connectivity index (χ3n) is 5.52. The number of fused-ring (bicyclic) bond motifs is 1. The van der Waals surface area contributed by atoms with Gasteiger partial charge in [-0.05, 0) is 36.2 Å². The summed E-state index contributed by atoms with van der Waals surface area (Å²) in [5, 5.41) is 31.0. The number of hydrogen-bond donors (Lipinski definition) is 4. The van der Waals surface area contributed by atoms with Gasteiger partial charge >= 0.3 is 13.1 Å². The summed E-state index contributed by atoms with van der Waals surface area (Å²) in [6.07, 6.45) is 2.66. The standard InChI is InChI=1S/C18H27BN2O4/c22-18(23)17-12-21(10-15(17)6-3-7-19(24)25)11-16-8-13-4-1-2-5-14(13)9-20-16/h1-2,4-5,15-17,20,24-25H,3,6-12H2,(H,22,23). The first-order valence-corrected chi connectivity index (χ1v) is 9.14. The maximum absolute atomic E-state index is 11.6. The molecule has 4 N–H and O–H groups in total. The average Bonchev–Trinajstić information content (AvgIpc) is 2.97. The van der Waals surface area contributed by atoms with Crippen molar-refractivity contribution >= 4 is 13.1 Å². The quantitative estimate of drug-likeness (QED) is 0.540. The molecule has 7 heteroatoms. The summed E-state index contributed by atoms with van der Waals surface area (Å²) in [5.41, 5.74) is 2.73. The molecule has 25 heavy (non-hydrogen) atoms. The molecule has 1 aromatic rings. The molecule has 3 unspecified atom stereocenters. The van der Waals surface area contributed by atoms with E-state index in [1.54, 1.807) is 0 Å². The Hall–Kier alpha value is -1.41. The van der Waals surface area contributed by atoms with Crippen molar-refractivity contribution in [2.45, 2.75) is 38.2 Å². The summed E-state index contributed by atoms with van der Waals surface area (Å²) in [7, 11) is -1.30. The van der Waals surface area contributed by atoms with Crippen LogP contribution in [0.1, 0.15) is 24.0 Å². The second-order valence-electron chi connectivity index (χ2n) is 7.39. The SMILES string of the molecule is O=C(O)C1CN(CC2Cc3ccccc3CN2)CC1CCCB(O)O. The first kappa shape index (κ1) is 18.4. The smallest absolute Gasteiger partial charge is 0.451 e. The van der Waals surface area contributed by atoms with Gasteiger partial charge in [0.2, 0.25) is 0 Å². The molecule has 1 aromatic carbocycles. The third kappa shape index (κ3) is 4.82. The predicted molar refractivity (Wildman–Crippen MR) is 96.1 cm³/mol. The minimum Gasteiger partial charge on any atom is -0.481 e. The van der Waals surface area contributed by atoms with E-state index in [0.29, 0.717) is 25.3 Å². The predicted octanol–water partition coefficient (Wildman–Crippen LogP) is 0.586. The third-order valence-corrected chi connectivity index (χ3v) is 5.52. The van der Waals surface area contributed by atoms with Gasteiger partial charge < -0.3 is 25.4 Å². The van der Waals surface area contributed by atoms with Gasteiger partial charge in [-0.3, -0.25) is 4.79 Å². The van der Waals surface area contributed by atoms with Crippen LogP contribution in [0.3, 0.4) is 0 Å². The monoisotopic (exact) mass is 346 g/mol. The molecular formula is C18H27BN2O4. The van der Waals surface area contributed by atoms with Gasteiger partial charge in [-0.15, -0.1) is 0 Å². The van der Waals surface area contributed by atoms with Gasteiger partial charge in [-0.1, -0.05) is 30.7 Å². The molecule has 1 saturated heterocycles. The second-order valence-corrected chi connectivity index (χ2v) is 7.39. The number of nitrogens with zero attached hydrogens (tertiary/aromatic N) is 1. The molecule has 2 aliphatic rings. The Morgan fingerprint density at radius 3 is 2.72 bits per heavy atom. The topological polar surface area (TPSA) is 93.0 Å². The fourth-order valence-corrected chi connectivity index (χ4v) is 4.21. The van der Waals surface area contributed by atoms with E-state index in [1.807, 2.05) is 0 Å². The van der Waals surface area contributed by atoms with Gasteiger partial charge in [0.15, 0.2) is 0 Å². The number of benzene rings is 1. The average molecular weight is 346 g/mol. The van der Waals surface area contributed by atoms with Crippen LogP contribution in [0.5, 0.6) is 0 Å². The van der Waals surface area contributed by atoms with Crippen molar-refractivity contribution < 1.29 is 19.9 Å². The Balaban J connectivity index is 1.54. The molecule has 2 heterocycles. The number of rotatable bonds is 7. The number of nitrogens with one attached hydrogen (secondary N) is 1. The minimum atomic E-state index is -1.30. The van der Waals surface area contributed by atoms with E-state index in [9.17, 15) is 9.90 Å². The number of carboxylic acid groups (broad SMARTS) is 1. The Bertz CT molecular complexity index is 598. The van der Waals surface area contributed by atoms with Crippen LogP contribution in [0.4, 0.5) is 0 Å². The molecular weight excluding hydrogens is 319 g/mol. The summed E-state index contributed by atoms with van der Waals surface area (Å²) in [4.78, 5) is 13.8. The highest BCUT2D eigenvalue weighted by Crippen LogP contribution is 2.29. The van der Waals surface area contributed by atoms with Crippen LogP contribution >= 0.6 is 0 Å².